The van der Waals surface area contributed by atoms with Gasteiger partial charge in [0, 0.05) is 6.42 Å². The lowest BCUT2D eigenvalue weighted by Gasteiger charge is -2.22. The molecular weight excluding hydrogens is 309 g/mol. The van der Waals surface area contributed by atoms with Gasteiger partial charge in [0.2, 0.25) is 0 Å². The molecule has 0 aliphatic carbocycles. The predicted molar refractivity (Wildman–Crippen MR) is 67.9 cm³/mol. The quantitative estimate of drug-likeness (QED) is 0.233. The first-order valence-electron chi connectivity index (χ1n) is 5.99. The number of nitrogens with one attached hydrogen (secondary N) is 2. The van der Waals surface area contributed by atoms with Crippen molar-refractivity contribution in [1.82, 2.24) is 9.97 Å². The molecule has 0 aliphatic rings. The van der Waals surface area contributed by atoms with E-state index in [1.165, 1.54) is 0 Å². The highest BCUT2D eigenvalue weighted by atomic mass is 19.1. The molecule has 1 heterocycles. The number of aromatic amines is 2. The van der Waals surface area contributed by atoms with Crippen molar-refractivity contribution in [3.05, 3.63) is 36.6 Å². The Balaban J connectivity index is 3.08. The number of rotatable bonds is 7. The van der Waals surface area contributed by atoms with Crippen LogP contribution in [0.2, 0.25) is 0 Å². The Morgan fingerprint density at radius 1 is 1.18 bits per heavy atom. The number of hydrogen-bond acceptors (Lipinski definition) is 8. The van der Waals surface area contributed by atoms with Crippen LogP contribution in [0, 0.1) is 10.1 Å². The molecule has 124 valence electrons. The highest BCUT2D eigenvalue weighted by Gasteiger charge is 2.32. The number of alkyl halides is 1. The topological polar surface area (TPSA) is 190 Å². The molecule has 4 atom stereocenters. The standard InChI is InChI=1S/C10H14FN3O8/c11-3(1-4(16)8(18)5(17)2-15)6-7(14(21)22)9(19)13-10(20)12-6/h3-5,8,15-18H,1-2H2,(H2,12,13,19,20)/t3-,4-,5+,8-/m0/s1. The molecule has 0 bridgehead atoms. The maximum atomic E-state index is 14.1. The zero-order valence-corrected chi connectivity index (χ0v) is 11.0. The molecule has 0 fully saturated rings. The van der Waals surface area contributed by atoms with Gasteiger partial charge in [-0.15, -0.1) is 0 Å². The highest BCUT2D eigenvalue weighted by Crippen LogP contribution is 2.26. The molecule has 6 N–H and O–H groups in total. The molecule has 0 amide bonds. The number of aliphatic hydroxyl groups is 4. The van der Waals surface area contributed by atoms with E-state index in [1.54, 1.807) is 9.97 Å². The summed E-state index contributed by atoms with van der Waals surface area (Å²) < 4.78 is 14.1. The predicted octanol–water partition coefficient (Wildman–Crippen LogP) is -2.55. The second-order valence-electron chi connectivity index (χ2n) is 4.44. The van der Waals surface area contributed by atoms with E-state index in [0.29, 0.717) is 0 Å². The van der Waals surface area contributed by atoms with E-state index in [2.05, 4.69) is 0 Å². The number of hydrogen-bond donors (Lipinski definition) is 6. The van der Waals surface area contributed by atoms with Gasteiger partial charge in [-0.1, -0.05) is 0 Å². The zero-order valence-electron chi connectivity index (χ0n) is 11.0. The summed E-state index contributed by atoms with van der Waals surface area (Å²) in [6.07, 6.45) is -8.91. The normalized spacial score (nSPS) is 16.8. The summed E-state index contributed by atoms with van der Waals surface area (Å²) in [6, 6.07) is 0. The van der Waals surface area contributed by atoms with E-state index in [4.69, 9.17) is 10.2 Å². The van der Waals surface area contributed by atoms with Crippen molar-refractivity contribution < 1.29 is 29.7 Å². The number of nitro groups is 1. The second kappa shape index (κ2) is 7.22. The third-order valence-electron chi connectivity index (χ3n) is 2.87. The minimum absolute atomic E-state index is 0.906. The van der Waals surface area contributed by atoms with Crippen LogP contribution in [-0.4, -0.2) is 60.2 Å². The molecule has 0 spiro atoms. The average Bonchev–Trinajstić information content (AvgIpc) is 2.43. The molecule has 0 aromatic carbocycles. The fourth-order valence-electron chi connectivity index (χ4n) is 1.74. The molecule has 0 saturated carbocycles. The Bertz CT molecular complexity index is 644. The van der Waals surface area contributed by atoms with Gasteiger partial charge in [-0.3, -0.25) is 19.9 Å². The van der Waals surface area contributed by atoms with Crippen LogP contribution in [0.5, 0.6) is 0 Å². The fraction of sp³-hybridized carbons (Fsp3) is 0.600. The maximum Gasteiger partial charge on any atom is 0.356 e. The van der Waals surface area contributed by atoms with E-state index in [9.17, 15) is 34.3 Å². The van der Waals surface area contributed by atoms with Gasteiger partial charge in [0.25, 0.3) is 0 Å². The van der Waals surface area contributed by atoms with Gasteiger partial charge in [-0.05, 0) is 0 Å². The van der Waals surface area contributed by atoms with Crippen LogP contribution in [0.3, 0.4) is 0 Å². The monoisotopic (exact) mass is 323 g/mol. The summed E-state index contributed by atoms with van der Waals surface area (Å²) in [6.45, 7) is -0.906. The average molecular weight is 323 g/mol. The van der Waals surface area contributed by atoms with Crippen LogP contribution in [0.1, 0.15) is 18.3 Å². The van der Waals surface area contributed by atoms with E-state index >= 15 is 0 Å². The summed E-state index contributed by atoms with van der Waals surface area (Å²) in [4.78, 5) is 35.2. The van der Waals surface area contributed by atoms with Crippen molar-refractivity contribution in [2.75, 3.05) is 6.61 Å². The largest absolute Gasteiger partial charge is 0.394 e. The van der Waals surface area contributed by atoms with Gasteiger partial charge in [0.15, 0.2) is 0 Å². The van der Waals surface area contributed by atoms with Gasteiger partial charge in [-0.2, -0.15) is 0 Å². The Hall–Kier alpha value is -2.15. The maximum absolute atomic E-state index is 14.1. The molecular formula is C10H14FN3O8. The van der Waals surface area contributed by atoms with E-state index in [1.807, 2.05) is 0 Å². The Labute approximate surface area is 120 Å². The molecule has 12 heteroatoms. The SMILES string of the molecule is O=c1[nH]c([C@@H](F)C[C@H](O)[C@H](O)[C@H](O)CO)c([N+](=O)[O-])c(=O)[nH]1. The van der Waals surface area contributed by atoms with E-state index in [0.717, 1.165) is 0 Å². The van der Waals surface area contributed by atoms with Crippen LogP contribution in [0.15, 0.2) is 9.59 Å². The number of nitrogens with zero attached hydrogens (tertiary/aromatic N) is 1. The summed E-state index contributed by atoms with van der Waals surface area (Å²) in [7, 11) is 0. The molecule has 1 rings (SSSR count). The minimum Gasteiger partial charge on any atom is -0.394 e. The lowest BCUT2D eigenvalue weighted by atomic mass is 10.0. The Kier molecular flexibility index (Phi) is 5.87. The van der Waals surface area contributed by atoms with Gasteiger partial charge < -0.3 is 25.4 Å². The fourth-order valence-corrected chi connectivity index (χ4v) is 1.74. The Morgan fingerprint density at radius 2 is 1.77 bits per heavy atom. The van der Waals surface area contributed by atoms with Crippen LogP contribution in [0.25, 0.3) is 0 Å². The van der Waals surface area contributed by atoms with Crippen molar-refractivity contribution in [3.8, 4) is 0 Å². The molecule has 11 nitrogen and oxygen atoms in total. The molecule has 22 heavy (non-hydrogen) atoms. The van der Waals surface area contributed by atoms with Gasteiger partial charge in [0.05, 0.1) is 17.6 Å². The van der Waals surface area contributed by atoms with Gasteiger partial charge in [0.1, 0.15) is 24.1 Å². The van der Waals surface area contributed by atoms with Crippen LogP contribution >= 0.6 is 0 Å². The first kappa shape index (κ1) is 17.9. The molecule has 0 saturated heterocycles. The number of H-pyrrole nitrogens is 2. The van der Waals surface area contributed by atoms with E-state index in [-0.39, 0.29) is 0 Å². The molecule has 1 aromatic rings. The van der Waals surface area contributed by atoms with Crippen LogP contribution in [-0.2, 0) is 0 Å². The minimum atomic E-state index is -2.37. The Morgan fingerprint density at radius 3 is 2.27 bits per heavy atom. The summed E-state index contributed by atoms with van der Waals surface area (Å²) in [5.74, 6) is 0. The first-order valence-corrected chi connectivity index (χ1v) is 5.99. The van der Waals surface area contributed by atoms with E-state index < -0.39 is 65.1 Å². The lowest BCUT2D eigenvalue weighted by molar-refractivity contribution is -0.387. The number of halogens is 1. The highest BCUT2D eigenvalue weighted by molar-refractivity contribution is 5.33. The summed E-state index contributed by atoms with van der Waals surface area (Å²) in [5.41, 5.74) is -4.81. The van der Waals surface area contributed by atoms with Crippen molar-refractivity contribution in [1.29, 1.82) is 0 Å². The van der Waals surface area contributed by atoms with Crippen molar-refractivity contribution >= 4 is 5.69 Å². The molecule has 0 radical (unpaired) electrons. The summed E-state index contributed by atoms with van der Waals surface area (Å²) in [5, 5.41) is 47.3. The van der Waals surface area contributed by atoms with Crippen molar-refractivity contribution in [2.24, 2.45) is 0 Å². The smallest absolute Gasteiger partial charge is 0.356 e. The molecule has 1 aromatic heterocycles. The third-order valence-corrected chi connectivity index (χ3v) is 2.87. The van der Waals surface area contributed by atoms with Gasteiger partial charge in [-0.25, -0.2) is 9.18 Å². The number of aromatic nitrogens is 2. The number of aliphatic hydroxyl groups excluding tert-OH is 4. The van der Waals surface area contributed by atoms with Crippen LogP contribution < -0.4 is 11.2 Å². The van der Waals surface area contributed by atoms with Crippen LogP contribution in [0.4, 0.5) is 10.1 Å². The van der Waals surface area contributed by atoms with Crippen molar-refractivity contribution in [2.45, 2.75) is 30.9 Å². The van der Waals surface area contributed by atoms with Gasteiger partial charge >= 0.3 is 16.9 Å². The first-order chi connectivity index (χ1) is 10.2. The molecule has 0 aliphatic heterocycles. The molecule has 0 unspecified atom stereocenters. The second-order valence-corrected chi connectivity index (χ2v) is 4.44. The lowest BCUT2D eigenvalue weighted by Crippen LogP contribution is -2.40. The third kappa shape index (κ3) is 3.94. The zero-order chi connectivity index (χ0) is 17.0. The van der Waals surface area contributed by atoms with Crippen molar-refractivity contribution in [3.63, 3.8) is 0 Å². The summed E-state index contributed by atoms with van der Waals surface area (Å²) >= 11 is 0.